The number of quaternary nitrogens is 1. The van der Waals surface area contributed by atoms with E-state index in [1.807, 2.05) is 0 Å². The van der Waals surface area contributed by atoms with Crippen LogP contribution < -0.4 is 9.64 Å². The van der Waals surface area contributed by atoms with Crippen LogP contribution in [0.3, 0.4) is 0 Å². The molecule has 0 aliphatic heterocycles. The molecule has 21 heavy (non-hydrogen) atoms. The molecular formula is C16H25NO4. The first kappa shape index (κ1) is 19.1. The number of hydrogen-bond donors (Lipinski definition) is 1. The molecule has 0 aromatic heterocycles. The van der Waals surface area contributed by atoms with Crippen LogP contribution in [-0.2, 0) is 9.53 Å². The largest absolute Gasteiger partial charge is 0.456 e. The zero-order valence-corrected chi connectivity index (χ0v) is 13.3. The fourth-order valence-electron chi connectivity index (χ4n) is 1.85. The summed E-state index contributed by atoms with van der Waals surface area (Å²) in [6.07, 6.45) is 0. The van der Waals surface area contributed by atoms with Crippen LogP contribution in [0.4, 0.5) is 0 Å². The molecule has 0 fully saturated rings. The molecule has 1 N–H and O–H groups in total. The Hall–Kier alpha value is -1.88. The van der Waals surface area contributed by atoms with E-state index in [0.29, 0.717) is 6.61 Å². The molecule has 0 aliphatic rings. The first-order valence-electron chi connectivity index (χ1n) is 6.86. The Kier molecular flexibility index (Phi) is 9.05. The summed E-state index contributed by atoms with van der Waals surface area (Å²) in [5, 5.41) is 0. The molecule has 1 aromatic carbocycles. The number of ether oxygens (including phenoxy) is 2. The number of carbonyl (C=O) groups is 2. The molecule has 0 spiro atoms. The summed E-state index contributed by atoms with van der Waals surface area (Å²) in [5.74, 6) is -0.688. The Bertz CT molecular complexity index is 455. The molecular weight excluding hydrogens is 270 g/mol. The predicted octanol–water partition coefficient (Wildman–Crippen LogP) is 1.14. The molecule has 0 amide bonds. The maximum atomic E-state index is 12.0. The first-order valence-corrected chi connectivity index (χ1v) is 6.86. The average Bonchev–Trinajstić information content (AvgIpc) is 2.43. The second-order valence-electron chi connectivity index (χ2n) is 4.43. The van der Waals surface area contributed by atoms with Crippen LogP contribution in [0.15, 0.2) is 24.3 Å². The fourth-order valence-corrected chi connectivity index (χ4v) is 1.85. The van der Waals surface area contributed by atoms with Crippen molar-refractivity contribution in [1.29, 1.82) is 0 Å². The standard InChI is InChI=1S/C15H21NO4.CH3/c1-4-16(5-2)10-11-19-15(18)13-8-6-7-9-14(13)20-12(3)17;/h6-9H,4-5,10-11H2,1-3H3;1H3/q;-1/p+1. The van der Waals surface area contributed by atoms with Gasteiger partial charge in [-0.1, -0.05) is 12.1 Å². The van der Waals surface area contributed by atoms with Crippen molar-refractivity contribution < 1.29 is 24.0 Å². The average molecular weight is 295 g/mol. The minimum absolute atomic E-state index is 0. The van der Waals surface area contributed by atoms with Gasteiger partial charge in [-0.25, -0.2) is 4.79 Å². The number of nitrogens with one attached hydrogen (secondary N) is 1. The highest BCUT2D eigenvalue weighted by atomic mass is 16.5. The van der Waals surface area contributed by atoms with Crippen LogP contribution in [0.5, 0.6) is 5.75 Å². The highest BCUT2D eigenvalue weighted by Crippen LogP contribution is 2.18. The minimum atomic E-state index is -0.464. The number of benzene rings is 1. The maximum absolute atomic E-state index is 12.0. The van der Waals surface area contributed by atoms with Crippen molar-refractivity contribution in [2.24, 2.45) is 0 Å². The van der Waals surface area contributed by atoms with Gasteiger partial charge in [0.15, 0.2) is 0 Å². The normalized spacial score (nSPS) is 9.90. The van der Waals surface area contributed by atoms with Gasteiger partial charge in [-0.2, -0.15) is 0 Å². The molecule has 0 heterocycles. The van der Waals surface area contributed by atoms with Crippen molar-refractivity contribution in [2.75, 3.05) is 26.2 Å². The Morgan fingerprint density at radius 2 is 1.76 bits per heavy atom. The van der Waals surface area contributed by atoms with Gasteiger partial charge in [0.1, 0.15) is 24.5 Å². The summed E-state index contributed by atoms with van der Waals surface area (Å²) in [5.41, 5.74) is 0.275. The maximum Gasteiger partial charge on any atom is 0.342 e. The molecule has 5 heteroatoms. The number of para-hydroxylation sites is 1. The van der Waals surface area contributed by atoms with E-state index in [0.717, 1.165) is 19.6 Å². The fraction of sp³-hybridized carbons (Fsp3) is 0.438. The number of carbonyl (C=O) groups excluding carboxylic acids is 2. The van der Waals surface area contributed by atoms with Crippen molar-refractivity contribution >= 4 is 11.9 Å². The lowest BCUT2D eigenvalue weighted by molar-refractivity contribution is -0.896. The summed E-state index contributed by atoms with van der Waals surface area (Å²) in [6.45, 7) is 8.61. The molecule has 118 valence electrons. The van der Waals surface area contributed by atoms with Gasteiger partial charge in [0, 0.05) is 6.92 Å². The first-order chi connectivity index (χ1) is 9.58. The lowest BCUT2D eigenvalue weighted by atomic mass is 10.2. The Morgan fingerprint density at radius 1 is 1.14 bits per heavy atom. The third kappa shape index (κ3) is 6.40. The monoisotopic (exact) mass is 295 g/mol. The van der Waals surface area contributed by atoms with Crippen molar-refractivity contribution in [3.63, 3.8) is 0 Å². The minimum Gasteiger partial charge on any atom is -0.456 e. The summed E-state index contributed by atoms with van der Waals surface area (Å²) >= 11 is 0. The molecule has 1 aromatic rings. The molecule has 0 atom stereocenters. The van der Waals surface area contributed by atoms with E-state index in [4.69, 9.17) is 9.47 Å². The lowest BCUT2D eigenvalue weighted by Crippen LogP contribution is -3.11. The summed E-state index contributed by atoms with van der Waals surface area (Å²) in [7, 11) is 0. The summed E-state index contributed by atoms with van der Waals surface area (Å²) in [4.78, 5) is 24.3. The second-order valence-corrected chi connectivity index (χ2v) is 4.43. The molecule has 0 unspecified atom stereocenters. The van der Waals surface area contributed by atoms with Crippen LogP contribution in [0.2, 0.25) is 0 Å². The lowest BCUT2D eigenvalue weighted by Gasteiger charge is -2.15. The van der Waals surface area contributed by atoms with Crippen molar-refractivity contribution in [3.8, 4) is 5.75 Å². The van der Waals surface area contributed by atoms with E-state index in [1.54, 1.807) is 24.3 Å². The van der Waals surface area contributed by atoms with Gasteiger partial charge in [0.2, 0.25) is 0 Å². The molecule has 1 rings (SSSR count). The van der Waals surface area contributed by atoms with Gasteiger partial charge in [-0.3, -0.25) is 4.79 Å². The highest BCUT2D eigenvalue weighted by Gasteiger charge is 2.15. The van der Waals surface area contributed by atoms with Crippen LogP contribution in [-0.4, -0.2) is 38.2 Å². The van der Waals surface area contributed by atoms with Gasteiger partial charge in [-0.15, -0.1) is 0 Å². The van der Waals surface area contributed by atoms with Crippen LogP contribution in [0.25, 0.3) is 0 Å². The molecule has 0 saturated heterocycles. The van der Waals surface area contributed by atoms with Gasteiger partial charge in [-0.05, 0) is 26.0 Å². The SMILES string of the molecule is CC[NH+](CC)CCOC(=O)c1ccccc1OC(C)=O.[CH3-]. The van der Waals surface area contributed by atoms with Crippen LogP contribution in [0.1, 0.15) is 31.1 Å². The highest BCUT2D eigenvalue weighted by molar-refractivity contribution is 5.93. The van der Waals surface area contributed by atoms with Gasteiger partial charge >= 0.3 is 11.9 Å². The number of likely N-dealkylation sites (N-methyl/N-ethyl adjacent to an activating group) is 1. The van der Waals surface area contributed by atoms with Gasteiger partial charge in [0.25, 0.3) is 0 Å². The van der Waals surface area contributed by atoms with Crippen LogP contribution in [0, 0.1) is 7.43 Å². The Balaban J connectivity index is 0.00000400. The third-order valence-corrected chi connectivity index (χ3v) is 3.05. The second kappa shape index (κ2) is 9.94. The zero-order chi connectivity index (χ0) is 15.0. The Labute approximate surface area is 126 Å². The van der Waals surface area contributed by atoms with E-state index < -0.39 is 11.9 Å². The van der Waals surface area contributed by atoms with Crippen molar-refractivity contribution in [2.45, 2.75) is 20.8 Å². The number of hydrogen-bond acceptors (Lipinski definition) is 4. The van der Waals surface area contributed by atoms with E-state index in [2.05, 4.69) is 13.8 Å². The molecule has 0 bridgehead atoms. The van der Waals surface area contributed by atoms with Crippen molar-refractivity contribution in [1.82, 2.24) is 0 Å². The Morgan fingerprint density at radius 3 is 2.33 bits per heavy atom. The smallest absolute Gasteiger partial charge is 0.342 e. The van der Waals surface area contributed by atoms with E-state index in [1.165, 1.54) is 11.8 Å². The predicted molar refractivity (Wildman–Crippen MR) is 81.4 cm³/mol. The number of rotatable bonds is 7. The van der Waals surface area contributed by atoms with E-state index >= 15 is 0 Å². The number of esters is 2. The third-order valence-electron chi connectivity index (χ3n) is 3.05. The summed E-state index contributed by atoms with van der Waals surface area (Å²) < 4.78 is 10.2. The molecule has 0 radical (unpaired) electrons. The van der Waals surface area contributed by atoms with Gasteiger partial charge < -0.3 is 21.8 Å². The quantitative estimate of drug-likeness (QED) is 0.466. The molecule has 5 nitrogen and oxygen atoms in total. The van der Waals surface area contributed by atoms with Crippen molar-refractivity contribution in [3.05, 3.63) is 37.3 Å². The molecule has 0 aliphatic carbocycles. The topological polar surface area (TPSA) is 57.0 Å². The van der Waals surface area contributed by atoms with E-state index in [-0.39, 0.29) is 18.7 Å². The zero-order valence-electron chi connectivity index (χ0n) is 13.3. The van der Waals surface area contributed by atoms with E-state index in [9.17, 15) is 9.59 Å². The van der Waals surface area contributed by atoms with Gasteiger partial charge in [0.05, 0.1) is 13.1 Å². The molecule has 0 saturated carbocycles. The van der Waals surface area contributed by atoms with Crippen LogP contribution >= 0.6 is 0 Å². The summed E-state index contributed by atoms with van der Waals surface area (Å²) in [6, 6.07) is 6.58.